The molecule has 92 valence electrons. The van der Waals surface area contributed by atoms with Crippen LogP contribution in [0.2, 0.25) is 0 Å². The van der Waals surface area contributed by atoms with Gasteiger partial charge in [-0.2, -0.15) is 0 Å². The second-order valence-corrected chi connectivity index (χ2v) is 6.06. The second-order valence-electron chi connectivity index (χ2n) is 6.06. The number of carbonyl (C=O) groups excluding carboxylic acids is 1. The zero-order chi connectivity index (χ0) is 12.0. The highest BCUT2D eigenvalue weighted by Gasteiger charge is 2.41. The van der Waals surface area contributed by atoms with Crippen LogP contribution in [0, 0.1) is 0 Å². The average molecular weight is 227 g/mol. The summed E-state index contributed by atoms with van der Waals surface area (Å²) in [5, 5.41) is 0. The minimum absolute atomic E-state index is 0.168. The van der Waals surface area contributed by atoms with Crippen molar-refractivity contribution in [3.63, 3.8) is 0 Å². The lowest BCUT2D eigenvalue weighted by molar-refractivity contribution is -0.174. The maximum Gasteiger partial charge on any atom is 0.410 e. The minimum Gasteiger partial charge on any atom is -0.446 e. The predicted octanol–water partition coefficient (Wildman–Crippen LogP) is 2.17. The SMILES string of the molecule is CC1(C)CN(C(=O)OC2CC2)CC(C)(C)O1. The highest BCUT2D eigenvalue weighted by atomic mass is 16.6. The molecule has 1 aliphatic heterocycles. The van der Waals surface area contributed by atoms with Crippen LogP contribution in [-0.2, 0) is 9.47 Å². The van der Waals surface area contributed by atoms with Crippen LogP contribution in [0.5, 0.6) is 0 Å². The summed E-state index contributed by atoms with van der Waals surface area (Å²) in [7, 11) is 0. The molecule has 0 atom stereocenters. The summed E-state index contributed by atoms with van der Waals surface area (Å²) in [6.07, 6.45) is 2.01. The van der Waals surface area contributed by atoms with Gasteiger partial charge in [0.15, 0.2) is 0 Å². The van der Waals surface area contributed by atoms with Gasteiger partial charge in [0.25, 0.3) is 0 Å². The van der Waals surface area contributed by atoms with E-state index in [1.807, 2.05) is 27.7 Å². The molecule has 2 fully saturated rings. The Kier molecular flexibility index (Phi) is 2.65. The zero-order valence-electron chi connectivity index (χ0n) is 10.6. The van der Waals surface area contributed by atoms with Crippen molar-refractivity contribution in [1.29, 1.82) is 0 Å². The third kappa shape index (κ3) is 2.88. The summed E-state index contributed by atoms with van der Waals surface area (Å²) in [5.74, 6) is 0. The number of rotatable bonds is 1. The molecule has 1 amide bonds. The first-order valence-electron chi connectivity index (χ1n) is 5.93. The smallest absolute Gasteiger partial charge is 0.410 e. The van der Waals surface area contributed by atoms with Gasteiger partial charge < -0.3 is 14.4 Å². The molecule has 16 heavy (non-hydrogen) atoms. The molecular formula is C12H21NO3. The summed E-state index contributed by atoms with van der Waals surface area (Å²) in [4.78, 5) is 13.6. The molecule has 4 nitrogen and oxygen atoms in total. The first-order valence-corrected chi connectivity index (χ1v) is 5.93. The van der Waals surface area contributed by atoms with Crippen molar-refractivity contribution in [3.8, 4) is 0 Å². The van der Waals surface area contributed by atoms with E-state index in [1.165, 1.54) is 0 Å². The molecule has 1 heterocycles. The molecule has 4 heteroatoms. The van der Waals surface area contributed by atoms with Crippen LogP contribution in [0.25, 0.3) is 0 Å². The van der Waals surface area contributed by atoms with Gasteiger partial charge in [0, 0.05) is 0 Å². The quantitative estimate of drug-likeness (QED) is 0.689. The molecule has 0 aromatic carbocycles. The van der Waals surface area contributed by atoms with E-state index in [2.05, 4.69) is 0 Å². The number of ether oxygens (including phenoxy) is 2. The molecule has 0 spiro atoms. The average Bonchev–Trinajstić information content (AvgIpc) is 2.82. The molecule has 0 N–H and O–H groups in total. The van der Waals surface area contributed by atoms with E-state index < -0.39 is 0 Å². The Labute approximate surface area is 96.9 Å². The van der Waals surface area contributed by atoms with Crippen LogP contribution in [0.3, 0.4) is 0 Å². The molecule has 0 aromatic heterocycles. The third-order valence-corrected chi connectivity index (χ3v) is 2.75. The number of morpholine rings is 1. The summed E-state index contributed by atoms with van der Waals surface area (Å²) < 4.78 is 11.2. The van der Waals surface area contributed by atoms with Gasteiger partial charge >= 0.3 is 6.09 Å². The van der Waals surface area contributed by atoms with Crippen molar-refractivity contribution in [1.82, 2.24) is 4.90 Å². The monoisotopic (exact) mass is 227 g/mol. The second kappa shape index (κ2) is 3.62. The maximum absolute atomic E-state index is 11.9. The molecule has 2 rings (SSSR count). The maximum atomic E-state index is 11.9. The Morgan fingerprint density at radius 3 is 2.12 bits per heavy atom. The number of amides is 1. The van der Waals surface area contributed by atoms with Gasteiger partial charge in [-0.1, -0.05) is 0 Å². The molecule has 0 unspecified atom stereocenters. The van der Waals surface area contributed by atoms with Crippen LogP contribution in [0.1, 0.15) is 40.5 Å². The fourth-order valence-corrected chi connectivity index (χ4v) is 2.32. The van der Waals surface area contributed by atoms with Gasteiger partial charge in [-0.25, -0.2) is 4.79 Å². The normalized spacial score (nSPS) is 27.6. The van der Waals surface area contributed by atoms with E-state index in [0.717, 1.165) is 12.8 Å². The Hall–Kier alpha value is -0.770. The van der Waals surface area contributed by atoms with Crippen molar-refractivity contribution in [3.05, 3.63) is 0 Å². The van der Waals surface area contributed by atoms with Gasteiger partial charge in [0.05, 0.1) is 24.3 Å². The summed E-state index contributed by atoms with van der Waals surface area (Å²) in [6, 6.07) is 0. The predicted molar refractivity (Wildman–Crippen MR) is 60.3 cm³/mol. The highest BCUT2D eigenvalue weighted by molar-refractivity contribution is 5.68. The Morgan fingerprint density at radius 1 is 1.19 bits per heavy atom. The number of hydrogen-bond acceptors (Lipinski definition) is 3. The topological polar surface area (TPSA) is 38.8 Å². The van der Waals surface area contributed by atoms with E-state index in [-0.39, 0.29) is 23.4 Å². The van der Waals surface area contributed by atoms with Crippen molar-refractivity contribution < 1.29 is 14.3 Å². The summed E-state index contributed by atoms with van der Waals surface area (Å²) >= 11 is 0. The van der Waals surface area contributed by atoms with Crippen LogP contribution >= 0.6 is 0 Å². The number of hydrogen-bond donors (Lipinski definition) is 0. The van der Waals surface area contributed by atoms with Crippen LogP contribution in [0.4, 0.5) is 4.79 Å². The Morgan fingerprint density at radius 2 is 1.69 bits per heavy atom. The Bertz CT molecular complexity index is 279. The van der Waals surface area contributed by atoms with Crippen molar-refractivity contribution >= 4 is 6.09 Å². The van der Waals surface area contributed by atoms with Gasteiger partial charge in [-0.3, -0.25) is 0 Å². The molecular weight excluding hydrogens is 206 g/mol. The van der Waals surface area contributed by atoms with Crippen molar-refractivity contribution in [2.75, 3.05) is 13.1 Å². The van der Waals surface area contributed by atoms with Crippen LogP contribution in [0.15, 0.2) is 0 Å². The van der Waals surface area contributed by atoms with Crippen molar-refractivity contribution in [2.24, 2.45) is 0 Å². The van der Waals surface area contributed by atoms with Gasteiger partial charge in [-0.15, -0.1) is 0 Å². The molecule has 1 saturated heterocycles. The summed E-state index contributed by atoms with van der Waals surface area (Å²) in [6.45, 7) is 9.22. The molecule has 0 radical (unpaired) electrons. The lowest BCUT2D eigenvalue weighted by Crippen LogP contribution is -2.58. The lowest BCUT2D eigenvalue weighted by atomic mass is 9.99. The lowest BCUT2D eigenvalue weighted by Gasteiger charge is -2.46. The molecule has 2 aliphatic rings. The van der Waals surface area contributed by atoms with Gasteiger partial charge in [0.1, 0.15) is 6.10 Å². The third-order valence-electron chi connectivity index (χ3n) is 2.75. The minimum atomic E-state index is -0.301. The van der Waals surface area contributed by atoms with Gasteiger partial charge in [-0.05, 0) is 40.5 Å². The van der Waals surface area contributed by atoms with Gasteiger partial charge in [0.2, 0.25) is 0 Å². The molecule has 1 saturated carbocycles. The number of carbonyl (C=O) groups is 1. The van der Waals surface area contributed by atoms with Crippen LogP contribution < -0.4 is 0 Å². The van der Waals surface area contributed by atoms with E-state index in [1.54, 1.807) is 4.90 Å². The highest BCUT2D eigenvalue weighted by Crippen LogP contribution is 2.30. The fraction of sp³-hybridized carbons (Fsp3) is 0.917. The van der Waals surface area contributed by atoms with Crippen molar-refractivity contribution in [2.45, 2.75) is 57.8 Å². The largest absolute Gasteiger partial charge is 0.446 e. The fourth-order valence-electron chi connectivity index (χ4n) is 2.32. The van der Waals surface area contributed by atoms with E-state index in [9.17, 15) is 4.79 Å². The number of nitrogens with zero attached hydrogens (tertiary/aromatic N) is 1. The van der Waals surface area contributed by atoms with E-state index >= 15 is 0 Å². The van der Waals surface area contributed by atoms with E-state index in [0.29, 0.717) is 13.1 Å². The Balaban J connectivity index is 2.00. The molecule has 0 bridgehead atoms. The molecule has 1 aliphatic carbocycles. The molecule has 0 aromatic rings. The summed E-state index contributed by atoms with van der Waals surface area (Å²) in [5.41, 5.74) is -0.603. The first-order chi connectivity index (χ1) is 7.27. The first kappa shape index (κ1) is 11.7. The zero-order valence-corrected chi connectivity index (χ0v) is 10.6. The van der Waals surface area contributed by atoms with E-state index in [4.69, 9.17) is 9.47 Å². The van der Waals surface area contributed by atoms with Crippen LogP contribution in [-0.4, -0.2) is 41.4 Å². The standard InChI is InChI=1S/C12H21NO3/c1-11(2)7-13(8-12(3,4)16-11)10(14)15-9-5-6-9/h9H,5-8H2,1-4H3.